The second kappa shape index (κ2) is 6.27. The van der Waals surface area contributed by atoms with Crippen LogP contribution >= 0.6 is 0 Å². The standard InChI is InChI=1S/C17H16FN3O3/c1-11-5-6-12-9-13(18)7-8-16(12)20(11)17(22)19-14-3-2-4-15(10-14)21(23)24/h2-4,7-11H,5-6H2,1H3,(H,19,22)/t11-/m0/s1. The SMILES string of the molecule is C[C@H]1CCc2cc(F)ccc2N1C(=O)Nc1cccc([N+](=O)[O-])c1. The lowest BCUT2D eigenvalue weighted by Gasteiger charge is -2.35. The van der Waals surface area contributed by atoms with Crippen LogP contribution < -0.4 is 10.2 Å². The molecule has 1 atom stereocenters. The Kier molecular flexibility index (Phi) is 4.16. The van der Waals surface area contributed by atoms with E-state index in [1.165, 1.54) is 30.3 Å². The van der Waals surface area contributed by atoms with Crippen LogP contribution in [0.5, 0.6) is 0 Å². The monoisotopic (exact) mass is 329 g/mol. The van der Waals surface area contributed by atoms with Crippen molar-refractivity contribution in [3.63, 3.8) is 0 Å². The Morgan fingerprint density at radius 1 is 1.33 bits per heavy atom. The molecule has 2 amide bonds. The number of halogens is 1. The zero-order chi connectivity index (χ0) is 17.3. The van der Waals surface area contributed by atoms with Crippen LogP contribution in [0.2, 0.25) is 0 Å². The van der Waals surface area contributed by atoms with Gasteiger partial charge in [-0.15, -0.1) is 0 Å². The molecule has 0 radical (unpaired) electrons. The summed E-state index contributed by atoms with van der Waals surface area (Å²) in [5.41, 5.74) is 1.69. The molecule has 24 heavy (non-hydrogen) atoms. The molecule has 0 bridgehead atoms. The van der Waals surface area contributed by atoms with Gasteiger partial charge in [0.1, 0.15) is 5.82 Å². The lowest BCUT2D eigenvalue weighted by molar-refractivity contribution is -0.384. The van der Waals surface area contributed by atoms with Crippen molar-refractivity contribution in [2.24, 2.45) is 0 Å². The molecule has 0 aromatic heterocycles. The molecule has 1 heterocycles. The minimum absolute atomic E-state index is 0.0540. The van der Waals surface area contributed by atoms with Crippen LogP contribution in [0.15, 0.2) is 42.5 Å². The molecule has 124 valence electrons. The van der Waals surface area contributed by atoms with Gasteiger partial charge < -0.3 is 5.32 Å². The van der Waals surface area contributed by atoms with Crippen LogP contribution in [0.1, 0.15) is 18.9 Å². The predicted molar refractivity (Wildman–Crippen MR) is 88.8 cm³/mol. The van der Waals surface area contributed by atoms with Gasteiger partial charge in [0.15, 0.2) is 0 Å². The average molecular weight is 329 g/mol. The molecule has 1 N–H and O–H groups in total. The van der Waals surface area contributed by atoms with Crippen molar-refractivity contribution < 1.29 is 14.1 Å². The van der Waals surface area contributed by atoms with Crippen LogP contribution in [0.3, 0.4) is 0 Å². The fraction of sp³-hybridized carbons (Fsp3) is 0.235. The van der Waals surface area contributed by atoms with Gasteiger partial charge in [-0.2, -0.15) is 0 Å². The molecule has 0 fully saturated rings. The molecule has 0 unspecified atom stereocenters. The normalized spacial score (nSPS) is 16.4. The Morgan fingerprint density at radius 3 is 2.88 bits per heavy atom. The van der Waals surface area contributed by atoms with E-state index in [1.54, 1.807) is 17.0 Å². The number of fused-ring (bicyclic) bond motifs is 1. The average Bonchev–Trinajstić information content (AvgIpc) is 2.55. The summed E-state index contributed by atoms with van der Waals surface area (Å²) in [6, 6.07) is 9.67. The summed E-state index contributed by atoms with van der Waals surface area (Å²) in [6.07, 6.45) is 1.42. The summed E-state index contributed by atoms with van der Waals surface area (Å²) >= 11 is 0. The number of non-ortho nitro benzene ring substituents is 1. The molecule has 0 saturated carbocycles. The van der Waals surface area contributed by atoms with E-state index in [2.05, 4.69) is 5.32 Å². The number of hydrogen-bond acceptors (Lipinski definition) is 3. The Morgan fingerprint density at radius 2 is 2.12 bits per heavy atom. The van der Waals surface area contributed by atoms with E-state index in [0.29, 0.717) is 17.8 Å². The number of benzene rings is 2. The summed E-state index contributed by atoms with van der Waals surface area (Å²) in [5, 5.41) is 13.5. The van der Waals surface area contributed by atoms with Gasteiger partial charge in [-0.05, 0) is 49.6 Å². The third-order valence-corrected chi connectivity index (χ3v) is 4.10. The summed E-state index contributed by atoms with van der Waals surface area (Å²) in [4.78, 5) is 24.5. The number of nitrogens with one attached hydrogen (secondary N) is 1. The third-order valence-electron chi connectivity index (χ3n) is 4.10. The Balaban J connectivity index is 1.87. The highest BCUT2D eigenvalue weighted by atomic mass is 19.1. The predicted octanol–water partition coefficient (Wildman–Crippen LogP) is 4.11. The van der Waals surface area contributed by atoms with Gasteiger partial charge in [0.05, 0.1) is 4.92 Å². The minimum Gasteiger partial charge on any atom is -0.307 e. The Labute approximate surface area is 138 Å². The van der Waals surface area contributed by atoms with Crippen LogP contribution in [-0.4, -0.2) is 17.0 Å². The second-order valence-corrected chi connectivity index (χ2v) is 5.77. The maximum atomic E-state index is 13.4. The molecule has 0 spiro atoms. The first-order valence-electron chi connectivity index (χ1n) is 7.59. The lowest BCUT2D eigenvalue weighted by atomic mass is 9.97. The number of aryl methyl sites for hydroxylation is 1. The molecule has 1 aliphatic rings. The molecule has 0 aliphatic carbocycles. The fourth-order valence-corrected chi connectivity index (χ4v) is 2.91. The van der Waals surface area contributed by atoms with E-state index < -0.39 is 11.0 Å². The van der Waals surface area contributed by atoms with E-state index in [4.69, 9.17) is 0 Å². The van der Waals surface area contributed by atoms with Gasteiger partial charge in [0.25, 0.3) is 5.69 Å². The van der Waals surface area contributed by atoms with Crippen molar-refractivity contribution in [2.75, 3.05) is 10.2 Å². The van der Waals surface area contributed by atoms with Crippen LogP contribution in [0, 0.1) is 15.9 Å². The van der Waals surface area contributed by atoms with E-state index in [1.807, 2.05) is 6.92 Å². The second-order valence-electron chi connectivity index (χ2n) is 5.77. The summed E-state index contributed by atoms with van der Waals surface area (Å²) in [5.74, 6) is -0.331. The lowest BCUT2D eigenvalue weighted by Crippen LogP contribution is -2.44. The molecule has 6 nitrogen and oxygen atoms in total. The number of nitro groups is 1. The first-order chi connectivity index (χ1) is 11.5. The third kappa shape index (κ3) is 3.05. The van der Waals surface area contributed by atoms with E-state index in [9.17, 15) is 19.3 Å². The number of hydrogen-bond donors (Lipinski definition) is 1. The van der Waals surface area contributed by atoms with Gasteiger partial charge in [-0.25, -0.2) is 9.18 Å². The summed E-state index contributed by atoms with van der Waals surface area (Å²) < 4.78 is 13.4. The number of nitrogens with zero attached hydrogens (tertiary/aromatic N) is 2. The molecule has 2 aromatic carbocycles. The van der Waals surface area contributed by atoms with Crippen molar-refractivity contribution in [1.82, 2.24) is 0 Å². The number of rotatable bonds is 2. The van der Waals surface area contributed by atoms with Crippen molar-refractivity contribution in [3.8, 4) is 0 Å². The summed E-state index contributed by atoms with van der Waals surface area (Å²) in [6.45, 7) is 1.92. The van der Waals surface area contributed by atoms with Crippen molar-refractivity contribution in [3.05, 3.63) is 64.0 Å². The molecule has 7 heteroatoms. The Hall–Kier alpha value is -2.96. The van der Waals surface area contributed by atoms with E-state index in [0.717, 1.165) is 12.0 Å². The van der Waals surface area contributed by atoms with Gasteiger partial charge in [-0.1, -0.05) is 6.07 Å². The van der Waals surface area contributed by atoms with Gasteiger partial charge in [0.2, 0.25) is 0 Å². The summed E-state index contributed by atoms with van der Waals surface area (Å²) in [7, 11) is 0. The topological polar surface area (TPSA) is 75.5 Å². The number of anilines is 2. The van der Waals surface area contributed by atoms with E-state index in [-0.39, 0.29) is 17.5 Å². The van der Waals surface area contributed by atoms with Crippen molar-refractivity contribution in [2.45, 2.75) is 25.8 Å². The largest absolute Gasteiger partial charge is 0.326 e. The van der Waals surface area contributed by atoms with Crippen LogP contribution in [0.25, 0.3) is 0 Å². The highest BCUT2D eigenvalue weighted by Crippen LogP contribution is 2.32. The van der Waals surface area contributed by atoms with Crippen molar-refractivity contribution in [1.29, 1.82) is 0 Å². The molecular formula is C17H16FN3O3. The minimum atomic E-state index is -0.517. The number of carbonyl (C=O) groups excluding carboxylic acids is 1. The highest BCUT2D eigenvalue weighted by molar-refractivity contribution is 6.03. The number of nitro benzene ring substituents is 1. The molecule has 2 aromatic rings. The molecule has 1 aliphatic heterocycles. The van der Waals surface area contributed by atoms with Gasteiger partial charge >= 0.3 is 6.03 Å². The van der Waals surface area contributed by atoms with Gasteiger partial charge in [-0.3, -0.25) is 15.0 Å². The molecule has 0 saturated heterocycles. The first-order valence-corrected chi connectivity index (χ1v) is 7.59. The Bertz CT molecular complexity index is 809. The number of carbonyl (C=O) groups is 1. The highest BCUT2D eigenvalue weighted by Gasteiger charge is 2.28. The fourth-order valence-electron chi connectivity index (χ4n) is 2.91. The van der Waals surface area contributed by atoms with Gasteiger partial charge in [0, 0.05) is 29.5 Å². The van der Waals surface area contributed by atoms with Crippen molar-refractivity contribution >= 4 is 23.1 Å². The molecule has 3 rings (SSSR count). The molecular weight excluding hydrogens is 313 g/mol. The number of urea groups is 1. The quantitative estimate of drug-likeness (QED) is 0.665. The zero-order valence-corrected chi connectivity index (χ0v) is 13.0. The van der Waals surface area contributed by atoms with E-state index >= 15 is 0 Å². The number of amides is 2. The zero-order valence-electron chi connectivity index (χ0n) is 13.0. The first kappa shape index (κ1) is 15.9. The van der Waals surface area contributed by atoms with Crippen LogP contribution in [-0.2, 0) is 6.42 Å². The van der Waals surface area contributed by atoms with Crippen LogP contribution in [0.4, 0.5) is 26.2 Å². The smallest absolute Gasteiger partial charge is 0.307 e. The maximum Gasteiger partial charge on any atom is 0.326 e. The maximum absolute atomic E-state index is 13.4.